The fraction of sp³-hybridized carbons (Fsp3) is 0.0714. The molecule has 0 saturated heterocycles. The van der Waals surface area contributed by atoms with E-state index in [0.717, 1.165) is 5.56 Å². The van der Waals surface area contributed by atoms with Gasteiger partial charge >= 0.3 is 0 Å². The van der Waals surface area contributed by atoms with Crippen LogP contribution in [-0.2, 0) is 6.61 Å². The van der Waals surface area contributed by atoms with Gasteiger partial charge in [-0.25, -0.2) is 0 Å². The zero-order valence-electron chi connectivity index (χ0n) is 10.6. The van der Waals surface area contributed by atoms with Gasteiger partial charge in [0.05, 0.1) is 5.69 Å². The van der Waals surface area contributed by atoms with Crippen LogP contribution in [0.3, 0.4) is 0 Å². The number of hydrogen-bond acceptors (Lipinski definition) is 4. The van der Waals surface area contributed by atoms with Gasteiger partial charge in [0.25, 0.3) is 5.91 Å². The Morgan fingerprint density at radius 3 is 2.40 bits per heavy atom. The fourth-order valence-corrected chi connectivity index (χ4v) is 1.68. The Morgan fingerprint density at radius 2 is 1.80 bits per heavy atom. The first-order chi connectivity index (χ1) is 9.09. The Kier molecular flexibility index (Phi) is 5.23. The van der Waals surface area contributed by atoms with Crippen LogP contribution < -0.4 is 16.2 Å². The van der Waals surface area contributed by atoms with Crippen molar-refractivity contribution in [1.29, 1.82) is 0 Å². The zero-order chi connectivity index (χ0) is 13.8. The number of carbonyl (C=O) groups is 1. The lowest BCUT2D eigenvalue weighted by Crippen LogP contribution is -2.14. The van der Waals surface area contributed by atoms with Crippen molar-refractivity contribution >= 4 is 24.0 Å². The third-order valence-corrected chi connectivity index (χ3v) is 2.65. The zero-order valence-corrected chi connectivity index (χ0v) is 11.4. The standard InChI is InChI=1S/C14H14N2O3.ClH/c15-10-6-7-11(12(13(10)17)14(16)18)19-8-9-4-2-1-3-5-9;/h1-7,17H,8,15H2,(H2,16,18);1H. The van der Waals surface area contributed by atoms with Crippen molar-refractivity contribution in [2.24, 2.45) is 5.73 Å². The normalized spacial score (nSPS) is 9.60. The highest BCUT2D eigenvalue weighted by Gasteiger charge is 2.17. The lowest BCUT2D eigenvalue weighted by molar-refractivity contribution is 0.0993. The van der Waals surface area contributed by atoms with E-state index < -0.39 is 5.91 Å². The molecular weight excluding hydrogens is 280 g/mol. The van der Waals surface area contributed by atoms with Gasteiger partial charge in [0.1, 0.15) is 17.9 Å². The highest BCUT2D eigenvalue weighted by atomic mass is 35.5. The molecule has 1 amide bonds. The summed E-state index contributed by atoms with van der Waals surface area (Å²) in [6.45, 7) is 0.268. The molecule has 6 heteroatoms. The topological polar surface area (TPSA) is 98.6 Å². The van der Waals surface area contributed by atoms with E-state index in [2.05, 4.69) is 0 Å². The highest BCUT2D eigenvalue weighted by Crippen LogP contribution is 2.33. The van der Waals surface area contributed by atoms with Crippen molar-refractivity contribution in [2.45, 2.75) is 6.61 Å². The van der Waals surface area contributed by atoms with Gasteiger partial charge < -0.3 is 21.3 Å². The molecule has 0 aromatic heterocycles. The van der Waals surface area contributed by atoms with Crippen LogP contribution in [0.15, 0.2) is 42.5 Å². The second kappa shape index (κ2) is 6.68. The van der Waals surface area contributed by atoms with E-state index in [0.29, 0.717) is 0 Å². The van der Waals surface area contributed by atoms with Crippen LogP contribution in [-0.4, -0.2) is 11.0 Å². The summed E-state index contributed by atoms with van der Waals surface area (Å²) in [6, 6.07) is 12.4. The summed E-state index contributed by atoms with van der Waals surface area (Å²) in [5.74, 6) is -0.922. The number of nitrogens with two attached hydrogens (primary N) is 2. The summed E-state index contributed by atoms with van der Waals surface area (Å²) in [7, 11) is 0. The molecule has 0 radical (unpaired) electrons. The summed E-state index contributed by atoms with van der Waals surface area (Å²) in [6.07, 6.45) is 0. The maximum atomic E-state index is 11.3. The molecule has 0 heterocycles. The van der Waals surface area contributed by atoms with Crippen LogP contribution in [0.1, 0.15) is 15.9 Å². The predicted molar refractivity (Wildman–Crippen MR) is 79.1 cm³/mol. The number of primary amides is 1. The lowest BCUT2D eigenvalue weighted by atomic mass is 10.1. The Labute approximate surface area is 122 Å². The molecule has 0 saturated carbocycles. The van der Waals surface area contributed by atoms with Crippen LogP contribution in [0, 0.1) is 0 Å². The fourth-order valence-electron chi connectivity index (χ4n) is 1.68. The first-order valence-corrected chi connectivity index (χ1v) is 5.67. The molecule has 0 bridgehead atoms. The molecule has 0 atom stereocenters. The van der Waals surface area contributed by atoms with Crippen molar-refractivity contribution in [3.8, 4) is 11.5 Å². The lowest BCUT2D eigenvalue weighted by Gasteiger charge is -2.12. The maximum absolute atomic E-state index is 11.3. The van der Waals surface area contributed by atoms with E-state index in [-0.39, 0.29) is 41.8 Å². The van der Waals surface area contributed by atoms with Crippen LogP contribution in [0.5, 0.6) is 11.5 Å². The highest BCUT2D eigenvalue weighted by molar-refractivity contribution is 6.00. The summed E-state index contributed by atoms with van der Waals surface area (Å²) in [4.78, 5) is 11.3. The number of hydrogen-bond donors (Lipinski definition) is 3. The predicted octanol–water partition coefficient (Wildman–Crippen LogP) is 2.07. The molecule has 0 spiro atoms. The molecule has 0 aliphatic rings. The molecule has 5 nitrogen and oxygen atoms in total. The molecule has 5 N–H and O–H groups in total. The minimum atomic E-state index is -0.784. The maximum Gasteiger partial charge on any atom is 0.256 e. The number of ether oxygens (including phenoxy) is 1. The smallest absolute Gasteiger partial charge is 0.256 e. The summed E-state index contributed by atoms with van der Waals surface area (Å²) in [5, 5.41) is 9.74. The van der Waals surface area contributed by atoms with Crippen molar-refractivity contribution in [2.75, 3.05) is 5.73 Å². The number of rotatable bonds is 4. The van der Waals surface area contributed by atoms with Crippen molar-refractivity contribution in [3.05, 3.63) is 53.6 Å². The Morgan fingerprint density at radius 1 is 1.15 bits per heavy atom. The molecule has 0 fully saturated rings. The van der Waals surface area contributed by atoms with Crippen molar-refractivity contribution in [3.63, 3.8) is 0 Å². The number of benzene rings is 2. The number of phenols is 1. The van der Waals surface area contributed by atoms with Crippen LogP contribution >= 0.6 is 12.4 Å². The number of anilines is 1. The first-order valence-electron chi connectivity index (χ1n) is 5.67. The second-order valence-electron chi connectivity index (χ2n) is 4.02. The van der Waals surface area contributed by atoms with Crippen molar-refractivity contribution in [1.82, 2.24) is 0 Å². The van der Waals surface area contributed by atoms with E-state index in [4.69, 9.17) is 16.2 Å². The molecular formula is C14H15ClN2O3. The van der Waals surface area contributed by atoms with Crippen LogP contribution in [0.2, 0.25) is 0 Å². The molecule has 0 aliphatic carbocycles. The van der Waals surface area contributed by atoms with E-state index in [9.17, 15) is 9.90 Å². The number of carbonyl (C=O) groups excluding carboxylic acids is 1. The summed E-state index contributed by atoms with van der Waals surface area (Å²) >= 11 is 0. The molecule has 2 rings (SSSR count). The summed E-state index contributed by atoms with van der Waals surface area (Å²) in [5.41, 5.74) is 11.7. The number of aromatic hydroxyl groups is 1. The van der Waals surface area contributed by atoms with E-state index in [1.165, 1.54) is 12.1 Å². The number of nitrogen functional groups attached to an aromatic ring is 1. The quantitative estimate of drug-likeness (QED) is 0.594. The number of amides is 1. The molecule has 2 aromatic rings. The van der Waals surface area contributed by atoms with Crippen molar-refractivity contribution < 1.29 is 14.6 Å². The van der Waals surface area contributed by atoms with Gasteiger partial charge in [0.2, 0.25) is 0 Å². The Hall–Kier alpha value is -2.40. The molecule has 106 valence electrons. The molecule has 2 aromatic carbocycles. The first kappa shape index (κ1) is 15.7. The van der Waals surface area contributed by atoms with E-state index in [1.54, 1.807) is 0 Å². The third-order valence-electron chi connectivity index (χ3n) is 2.65. The van der Waals surface area contributed by atoms with E-state index >= 15 is 0 Å². The van der Waals surface area contributed by atoms with Gasteiger partial charge in [-0.3, -0.25) is 4.79 Å². The van der Waals surface area contributed by atoms with Crippen LogP contribution in [0.25, 0.3) is 0 Å². The van der Waals surface area contributed by atoms with Gasteiger partial charge in [-0.1, -0.05) is 30.3 Å². The Balaban J connectivity index is 0.00000200. The minimum Gasteiger partial charge on any atom is -0.505 e. The van der Waals surface area contributed by atoms with Gasteiger partial charge in [-0.15, -0.1) is 12.4 Å². The monoisotopic (exact) mass is 294 g/mol. The van der Waals surface area contributed by atoms with E-state index in [1.807, 2.05) is 30.3 Å². The van der Waals surface area contributed by atoms with Gasteiger partial charge in [0.15, 0.2) is 5.75 Å². The molecule has 0 unspecified atom stereocenters. The second-order valence-corrected chi connectivity index (χ2v) is 4.02. The van der Waals surface area contributed by atoms with Gasteiger partial charge in [0, 0.05) is 0 Å². The third kappa shape index (κ3) is 3.33. The SMILES string of the molecule is Cl.NC(=O)c1c(OCc2ccccc2)ccc(N)c1O. The van der Waals surface area contributed by atoms with Gasteiger partial charge in [-0.2, -0.15) is 0 Å². The number of halogens is 1. The molecule has 0 aliphatic heterocycles. The molecule has 20 heavy (non-hydrogen) atoms. The Bertz CT molecular complexity index is 603. The average molecular weight is 295 g/mol. The van der Waals surface area contributed by atoms with Gasteiger partial charge in [-0.05, 0) is 17.7 Å². The minimum absolute atomic E-state index is 0. The average Bonchev–Trinajstić information content (AvgIpc) is 2.41. The summed E-state index contributed by atoms with van der Waals surface area (Å²) < 4.78 is 5.50. The largest absolute Gasteiger partial charge is 0.505 e. The van der Waals surface area contributed by atoms with Crippen LogP contribution in [0.4, 0.5) is 5.69 Å².